The number of hydrogen-bond acceptors (Lipinski definition) is 1. The van der Waals surface area contributed by atoms with Crippen molar-refractivity contribution in [3.63, 3.8) is 0 Å². The van der Waals surface area contributed by atoms with Gasteiger partial charge in [-0.3, -0.25) is 0 Å². The average Bonchev–Trinajstić information content (AvgIpc) is 2.96. The van der Waals surface area contributed by atoms with Crippen molar-refractivity contribution in [1.82, 2.24) is 0 Å². The van der Waals surface area contributed by atoms with E-state index in [0.29, 0.717) is 5.92 Å². The highest BCUT2D eigenvalue weighted by Gasteiger charge is 2.36. The Bertz CT molecular complexity index is 833. The van der Waals surface area contributed by atoms with Crippen molar-refractivity contribution in [2.75, 3.05) is 7.11 Å². The molecule has 0 N–H and O–H groups in total. The monoisotopic (exact) mass is 398 g/mol. The van der Waals surface area contributed by atoms with Crippen LogP contribution in [0.3, 0.4) is 0 Å². The molecule has 0 spiro atoms. The lowest BCUT2D eigenvalue weighted by Gasteiger charge is -2.34. The van der Waals surface area contributed by atoms with Crippen LogP contribution in [-0.4, -0.2) is 7.11 Å². The number of benzene rings is 3. The molecule has 30 heavy (non-hydrogen) atoms. The van der Waals surface area contributed by atoms with Crippen LogP contribution in [0.25, 0.3) is 0 Å². The van der Waals surface area contributed by atoms with Gasteiger partial charge < -0.3 is 4.74 Å². The van der Waals surface area contributed by atoms with Crippen molar-refractivity contribution in [3.8, 4) is 0 Å². The van der Waals surface area contributed by atoms with Gasteiger partial charge in [-0.05, 0) is 41.0 Å². The Morgan fingerprint density at radius 1 is 0.567 bits per heavy atom. The Labute approximate surface area is 182 Å². The van der Waals surface area contributed by atoms with Crippen LogP contribution >= 0.6 is 0 Å². The molecule has 0 bridgehead atoms. The summed E-state index contributed by atoms with van der Waals surface area (Å²) in [7, 11) is 1.83. The Kier molecular flexibility index (Phi) is 7.02. The Morgan fingerprint density at radius 2 is 1.00 bits per heavy atom. The summed E-state index contributed by atoms with van der Waals surface area (Å²) in [5.74, 6) is 0.697. The standard InChI is InChI=1S/C29H34O/c1-30-29(26-16-10-6-11-17-26,27-18-12-7-13-19-27)28-22-20-25(21-23-28)24-14-8-4-2-3-5-9-15-24/h6-7,10-13,16-24H,2-5,8-9,14-15H2,1H3. The highest BCUT2D eigenvalue weighted by atomic mass is 16.5. The van der Waals surface area contributed by atoms with E-state index in [9.17, 15) is 0 Å². The quantitative estimate of drug-likeness (QED) is 0.398. The molecule has 1 fully saturated rings. The van der Waals surface area contributed by atoms with Crippen LogP contribution in [0.1, 0.15) is 79.5 Å². The lowest BCUT2D eigenvalue weighted by molar-refractivity contribution is 0.0585. The van der Waals surface area contributed by atoms with Crippen LogP contribution in [0.5, 0.6) is 0 Å². The van der Waals surface area contributed by atoms with Crippen LogP contribution in [0.2, 0.25) is 0 Å². The molecule has 4 rings (SSSR count). The number of rotatable bonds is 5. The van der Waals surface area contributed by atoms with E-state index in [1.54, 1.807) is 0 Å². The van der Waals surface area contributed by atoms with Gasteiger partial charge in [0, 0.05) is 7.11 Å². The van der Waals surface area contributed by atoms with Gasteiger partial charge in [-0.25, -0.2) is 0 Å². The topological polar surface area (TPSA) is 9.23 Å². The minimum atomic E-state index is -0.598. The molecule has 0 amide bonds. The van der Waals surface area contributed by atoms with Crippen molar-refractivity contribution in [1.29, 1.82) is 0 Å². The van der Waals surface area contributed by atoms with Crippen molar-refractivity contribution < 1.29 is 4.74 Å². The summed E-state index contributed by atoms with van der Waals surface area (Å²) in [6, 6.07) is 30.5. The fraction of sp³-hybridized carbons (Fsp3) is 0.379. The van der Waals surface area contributed by atoms with E-state index < -0.39 is 5.60 Å². The van der Waals surface area contributed by atoms with Gasteiger partial charge in [-0.1, -0.05) is 123 Å². The van der Waals surface area contributed by atoms with E-state index in [1.807, 2.05) is 7.11 Å². The lowest BCUT2D eigenvalue weighted by atomic mass is 9.79. The maximum atomic E-state index is 6.33. The van der Waals surface area contributed by atoms with Crippen molar-refractivity contribution >= 4 is 0 Å². The molecule has 0 heterocycles. The molecule has 0 aliphatic heterocycles. The lowest BCUT2D eigenvalue weighted by Crippen LogP contribution is -2.31. The fourth-order valence-corrected chi connectivity index (χ4v) is 5.16. The van der Waals surface area contributed by atoms with E-state index >= 15 is 0 Å². The third-order valence-electron chi connectivity index (χ3n) is 6.81. The van der Waals surface area contributed by atoms with E-state index in [-0.39, 0.29) is 0 Å². The molecule has 1 saturated carbocycles. The Balaban J connectivity index is 1.71. The second-order valence-corrected chi connectivity index (χ2v) is 8.63. The zero-order valence-corrected chi connectivity index (χ0v) is 18.2. The molecule has 1 heteroatoms. The molecule has 0 radical (unpaired) electrons. The molecule has 0 unspecified atom stereocenters. The van der Waals surface area contributed by atoms with Crippen LogP contribution in [-0.2, 0) is 10.3 Å². The second-order valence-electron chi connectivity index (χ2n) is 8.63. The van der Waals surface area contributed by atoms with E-state index in [0.717, 1.165) is 11.1 Å². The fourth-order valence-electron chi connectivity index (χ4n) is 5.16. The minimum absolute atomic E-state index is 0.598. The maximum absolute atomic E-state index is 6.33. The first kappa shape index (κ1) is 20.9. The summed E-state index contributed by atoms with van der Waals surface area (Å²) in [6.07, 6.45) is 11.0. The number of methoxy groups -OCH3 is 1. The van der Waals surface area contributed by atoms with Crippen LogP contribution in [0, 0.1) is 0 Å². The molecule has 3 aromatic carbocycles. The van der Waals surface area contributed by atoms with E-state index in [2.05, 4.69) is 84.9 Å². The Morgan fingerprint density at radius 3 is 1.47 bits per heavy atom. The molecule has 1 aliphatic rings. The third kappa shape index (κ3) is 4.37. The van der Waals surface area contributed by atoms with Crippen molar-refractivity contribution in [2.45, 2.75) is 62.9 Å². The van der Waals surface area contributed by atoms with Gasteiger partial charge in [0.05, 0.1) is 0 Å². The molecule has 0 saturated heterocycles. The van der Waals surface area contributed by atoms with Gasteiger partial charge in [0.1, 0.15) is 5.60 Å². The van der Waals surface area contributed by atoms with Gasteiger partial charge >= 0.3 is 0 Å². The molecular weight excluding hydrogens is 364 g/mol. The first-order chi connectivity index (χ1) is 14.8. The minimum Gasteiger partial charge on any atom is -0.364 e. The molecule has 156 valence electrons. The molecular formula is C29H34O. The first-order valence-electron chi connectivity index (χ1n) is 11.6. The van der Waals surface area contributed by atoms with Crippen LogP contribution in [0.4, 0.5) is 0 Å². The summed E-state index contributed by atoms with van der Waals surface area (Å²) in [6.45, 7) is 0. The van der Waals surface area contributed by atoms with Crippen LogP contribution < -0.4 is 0 Å². The molecule has 1 nitrogen and oxygen atoms in total. The number of hydrogen-bond donors (Lipinski definition) is 0. The van der Waals surface area contributed by atoms with Crippen LogP contribution in [0.15, 0.2) is 84.9 Å². The van der Waals surface area contributed by atoms with Gasteiger partial charge in [-0.2, -0.15) is 0 Å². The third-order valence-corrected chi connectivity index (χ3v) is 6.81. The van der Waals surface area contributed by atoms with Gasteiger partial charge in [0.2, 0.25) is 0 Å². The molecule has 0 atom stereocenters. The Hall–Kier alpha value is -2.38. The van der Waals surface area contributed by atoms with Crippen molar-refractivity contribution in [2.24, 2.45) is 0 Å². The summed E-state index contributed by atoms with van der Waals surface area (Å²) < 4.78 is 6.33. The summed E-state index contributed by atoms with van der Waals surface area (Å²) in [5.41, 5.74) is 4.41. The average molecular weight is 399 g/mol. The van der Waals surface area contributed by atoms with Gasteiger partial charge in [0.25, 0.3) is 0 Å². The van der Waals surface area contributed by atoms with Gasteiger partial charge in [-0.15, -0.1) is 0 Å². The van der Waals surface area contributed by atoms with Gasteiger partial charge in [0.15, 0.2) is 0 Å². The molecule has 1 aliphatic carbocycles. The SMILES string of the molecule is COC(c1ccccc1)(c1ccccc1)c1ccc(C2CCCCCCCC2)cc1. The highest BCUT2D eigenvalue weighted by Crippen LogP contribution is 2.40. The van der Waals surface area contributed by atoms with E-state index in [1.165, 1.54) is 62.5 Å². The smallest absolute Gasteiger partial charge is 0.143 e. The largest absolute Gasteiger partial charge is 0.364 e. The predicted molar refractivity (Wildman–Crippen MR) is 126 cm³/mol. The maximum Gasteiger partial charge on any atom is 0.143 e. The summed E-state index contributed by atoms with van der Waals surface area (Å²) in [4.78, 5) is 0. The summed E-state index contributed by atoms with van der Waals surface area (Å²) in [5, 5.41) is 0. The normalized spacial score (nSPS) is 16.4. The first-order valence-corrected chi connectivity index (χ1v) is 11.6. The van der Waals surface area contributed by atoms with Crippen molar-refractivity contribution in [3.05, 3.63) is 107 Å². The van der Waals surface area contributed by atoms with E-state index in [4.69, 9.17) is 4.74 Å². The predicted octanol–water partition coefficient (Wildman–Crippen LogP) is 7.84. The zero-order valence-electron chi connectivity index (χ0n) is 18.2. The summed E-state index contributed by atoms with van der Waals surface area (Å²) >= 11 is 0. The number of ether oxygens (including phenoxy) is 1. The molecule has 0 aromatic heterocycles. The zero-order chi connectivity index (χ0) is 20.7. The second kappa shape index (κ2) is 10.1. The molecule has 3 aromatic rings. The highest BCUT2D eigenvalue weighted by molar-refractivity contribution is 5.48.